The van der Waals surface area contributed by atoms with Crippen molar-refractivity contribution in [3.05, 3.63) is 64.1 Å². The molecule has 23 heavy (non-hydrogen) atoms. The van der Waals surface area contributed by atoms with Crippen LogP contribution in [0, 0.1) is 16.5 Å². The van der Waals surface area contributed by atoms with Gasteiger partial charge in [0.15, 0.2) is 17.3 Å². The summed E-state index contributed by atoms with van der Waals surface area (Å²) in [6.07, 6.45) is 1.45. The van der Waals surface area contributed by atoms with Gasteiger partial charge in [-0.25, -0.2) is 0 Å². The minimum absolute atomic E-state index is 0.0199. The van der Waals surface area contributed by atoms with Crippen LogP contribution in [0.3, 0.4) is 0 Å². The molecule has 1 radical (unpaired) electrons. The first-order valence-corrected chi connectivity index (χ1v) is 6.78. The molecule has 1 aliphatic heterocycles. The molecule has 3 rings (SSSR count). The number of phenols is 1. The topological polar surface area (TPSA) is 98.9 Å². The summed E-state index contributed by atoms with van der Waals surface area (Å²) in [5.74, 6) is 0.534. The maximum Gasteiger partial charge on any atom is 0.276 e. The van der Waals surface area contributed by atoms with Gasteiger partial charge >= 0.3 is 0 Å². The zero-order valence-corrected chi connectivity index (χ0v) is 11.9. The van der Waals surface area contributed by atoms with Gasteiger partial charge in [0.25, 0.3) is 5.69 Å². The summed E-state index contributed by atoms with van der Waals surface area (Å²) in [7, 11) is 0. The van der Waals surface area contributed by atoms with E-state index in [9.17, 15) is 20.0 Å². The molecule has 0 unspecified atom stereocenters. The lowest BCUT2D eigenvalue weighted by atomic mass is 10.0. The van der Waals surface area contributed by atoms with Crippen LogP contribution in [0.2, 0.25) is 0 Å². The fraction of sp³-hybridized carbons (Fsp3) is 0.125. The van der Waals surface area contributed by atoms with Gasteiger partial charge < -0.3 is 14.6 Å². The maximum absolute atomic E-state index is 12.1. The van der Waals surface area contributed by atoms with Gasteiger partial charge in [0, 0.05) is 17.5 Å². The monoisotopic (exact) mass is 314 g/mol. The second-order valence-electron chi connectivity index (χ2n) is 4.91. The number of ether oxygens (including phenoxy) is 2. The highest BCUT2D eigenvalue weighted by atomic mass is 16.7. The van der Waals surface area contributed by atoms with Crippen LogP contribution < -0.4 is 9.47 Å². The Labute approximate surface area is 131 Å². The van der Waals surface area contributed by atoms with Gasteiger partial charge in [-0.15, -0.1) is 0 Å². The van der Waals surface area contributed by atoms with Crippen molar-refractivity contribution in [2.24, 2.45) is 0 Å². The summed E-state index contributed by atoms with van der Waals surface area (Å²) in [4.78, 5) is 22.7. The van der Waals surface area contributed by atoms with Crippen LogP contribution in [0.15, 0.2) is 36.4 Å². The van der Waals surface area contributed by atoms with E-state index in [0.29, 0.717) is 22.6 Å². The molecule has 0 saturated carbocycles. The van der Waals surface area contributed by atoms with Crippen molar-refractivity contribution in [2.75, 3.05) is 6.79 Å². The third kappa shape index (κ3) is 3.08. The highest BCUT2D eigenvalue weighted by Gasteiger charge is 2.23. The normalized spacial score (nSPS) is 12.2. The van der Waals surface area contributed by atoms with E-state index in [1.165, 1.54) is 42.8 Å². The summed E-state index contributed by atoms with van der Waals surface area (Å²) in [5, 5.41) is 20.4. The number of carbonyl (C=O) groups excluding carboxylic acids is 1. The first-order chi connectivity index (χ1) is 11.0. The van der Waals surface area contributed by atoms with Crippen LogP contribution in [0.5, 0.6) is 17.2 Å². The summed E-state index contributed by atoms with van der Waals surface area (Å²) in [6, 6.07) is 8.61. The Morgan fingerprint density at radius 2 is 1.87 bits per heavy atom. The highest BCUT2D eigenvalue weighted by Crippen LogP contribution is 2.38. The molecular weight excluding hydrogens is 302 g/mol. The lowest BCUT2D eigenvalue weighted by Crippen LogP contribution is -2.04. The van der Waals surface area contributed by atoms with Crippen molar-refractivity contribution in [1.29, 1.82) is 0 Å². The molecule has 117 valence electrons. The van der Waals surface area contributed by atoms with E-state index in [1.807, 2.05) is 0 Å². The number of fused-ring (bicyclic) bond motifs is 1. The Balaban J connectivity index is 1.78. The number of phenolic OH excluding ortho intramolecular Hbond substituents is 1. The molecule has 0 fully saturated rings. The minimum Gasteiger partial charge on any atom is -0.508 e. The number of aromatic hydroxyl groups is 1. The lowest BCUT2D eigenvalue weighted by molar-refractivity contribution is -0.385. The Bertz CT molecular complexity index is 769. The van der Waals surface area contributed by atoms with Crippen LogP contribution in [0.4, 0.5) is 5.69 Å². The van der Waals surface area contributed by atoms with Crippen LogP contribution >= 0.6 is 0 Å². The van der Waals surface area contributed by atoms with Crippen molar-refractivity contribution in [3.63, 3.8) is 0 Å². The van der Waals surface area contributed by atoms with E-state index < -0.39 is 4.92 Å². The third-order valence-corrected chi connectivity index (χ3v) is 3.43. The molecule has 2 aromatic rings. The zero-order chi connectivity index (χ0) is 16.4. The predicted molar refractivity (Wildman–Crippen MR) is 79.7 cm³/mol. The number of hydrogen-bond acceptors (Lipinski definition) is 6. The van der Waals surface area contributed by atoms with Gasteiger partial charge in [-0.05, 0) is 36.8 Å². The molecule has 1 aliphatic rings. The van der Waals surface area contributed by atoms with Gasteiger partial charge in [-0.2, -0.15) is 0 Å². The van der Waals surface area contributed by atoms with Gasteiger partial charge in [0.05, 0.1) is 11.0 Å². The molecule has 2 aromatic carbocycles. The van der Waals surface area contributed by atoms with Crippen LogP contribution in [0.1, 0.15) is 15.9 Å². The number of nitro benzene ring substituents is 1. The van der Waals surface area contributed by atoms with Crippen LogP contribution in [-0.2, 0) is 6.42 Å². The highest BCUT2D eigenvalue weighted by molar-refractivity contribution is 6.02. The fourth-order valence-electron chi connectivity index (χ4n) is 2.25. The zero-order valence-electron chi connectivity index (χ0n) is 11.9. The third-order valence-electron chi connectivity index (χ3n) is 3.43. The van der Waals surface area contributed by atoms with E-state index in [2.05, 4.69) is 0 Å². The molecule has 0 saturated heterocycles. The number of nitro groups is 1. The van der Waals surface area contributed by atoms with Crippen LogP contribution in [0.25, 0.3) is 0 Å². The van der Waals surface area contributed by atoms with Gasteiger partial charge in [0.1, 0.15) is 5.75 Å². The van der Waals surface area contributed by atoms with E-state index in [1.54, 1.807) is 0 Å². The molecule has 0 bridgehead atoms. The Hall–Kier alpha value is -3.09. The lowest BCUT2D eigenvalue weighted by Gasteiger charge is -2.05. The number of ketones is 1. The number of nitrogens with zero attached hydrogens (tertiary/aromatic N) is 1. The van der Waals surface area contributed by atoms with Crippen molar-refractivity contribution in [1.82, 2.24) is 0 Å². The van der Waals surface area contributed by atoms with Gasteiger partial charge in [-0.1, -0.05) is 0 Å². The van der Waals surface area contributed by atoms with Crippen molar-refractivity contribution >= 4 is 11.5 Å². The molecule has 0 amide bonds. The maximum atomic E-state index is 12.1. The van der Waals surface area contributed by atoms with Crippen LogP contribution in [-0.4, -0.2) is 22.6 Å². The van der Waals surface area contributed by atoms with Crippen molar-refractivity contribution < 1.29 is 24.3 Å². The molecule has 7 nitrogen and oxygen atoms in total. The average Bonchev–Trinajstić information content (AvgIpc) is 2.99. The molecule has 0 spiro atoms. The number of carbonyl (C=O) groups is 1. The quantitative estimate of drug-likeness (QED) is 0.517. The summed E-state index contributed by atoms with van der Waals surface area (Å²) >= 11 is 0. The second-order valence-corrected chi connectivity index (χ2v) is 4.91. The summed E-state index contributed by atoms with van der Waals surface area (Å²) in [5.41, 5.74) is 0.640. The first kappa shape index (κ1) is 14.8. The molecule has 7 heteroatoms. The Kier molecular flexibility index (Phi) is 3.84. The smallest absolute Gasteiger partial charge is 0.276 e. The summed E-state index contributed by atoms with van der Waals surface area (Å²) < 4.78 is 10.3. The molecule has 0 aromatic heterocycles. The van der Waals surface area contributed by atoms with Crippen molar-refractivity contribution in [2.45, 2.75) is 6.42 Å². The molecule has 1 heterocycles. The largest absolute Gasteiger partial charge is 0.508 e. The molecule has 0 atom stereocenters. The van der Waals surface area contributed by atoms with E-state index >= 15 is 0 Å². The minimum atomic E-state index is -0.518. The van der Waals surface area contributed by atoms with E-state index in [-0.39, 0.29) is 30.4 Å². The van der Waals surface area contributed by atoms with E-state index in [4.69, 9.17) is 9.47 Å². The molecule has 1 N–H and O–H groups in total. The fourth-order valence-corrected chi connectivity index (χ4v) is 2.25. The number of hydrogen-bond donors (Lipinski definition) is 1. The molecule has 0 aliphatic carbocycles. The molecular formula is C16H12NO6. The first-order valence-electron chi connectivity index (χ1n) is 6.78. The van der Waals surface area contributed by atoms with Gasteiger partial charge in [0.2, 0.25) is 6.79 Å². The summed E-state index contributed by atoms with van der Waals surface area (Å²) in [6.45, 7) is 0.0199. The standard InChI is InChI=1S/C16H12NO6/c18-12-4-1-10(2-5-12)14(19)6-3-11-7-15-16(23-9-22-15)8-13(11)17(20)21/h1-2,4-8,18H,3,9H2. The Morgan fingerprint density at radius 1 is 1.22 bits per heavy atom. The number of rotatable bonds is 5. The SMILES string of the molecule is O=C([CH]Cc1cc2c(cc1[N+](=O)[O-])OCO2)c1ccc(O)cc1. The second kappa shape index (κ2) is 5.96. The number of Topliss-reactive ketones (excluding diaryl/α,β-unsaturated/α-hetero) is 1. The van der Waals surface area contributed by atoms with Crippen molar-refractivity contribution in [3.8, 4) is 17.2 Å². The Morgan fingerprint density at radius 3 is 2.52 bits per heavy atom. The predicted octanol–water partition coefficient (Wildman–Crippen LogP) is 2.66. The number of benzene rings is 2. The average molecular weight is 314 g/mol. The van der Waals surface area contributed by atoms with E-state index in [0.717, 1.165) is 0 Å². The van der Waals surface area contributed by atoms with Gasteiger partial charge in [-0.3, -0.25) is 14.9 Å².